The monoisotopic (exact) mass is 611 g/mol. The number of hydrogen-bond acceptors (Lipinski definition) is 6. The summed E-state index contributed by atoms with van der Waals surface area (Å²) in [5.41, 5.74) is 5.56. The van der Waals surface area contributed by atoms with Gasteiger partial charge in [-0.2, -0.15) is 0 Å². The lowest BCUT2D eigenvalue weighted by Gasteiger charge is -2.32. The van der Waals surface area contributed by atoms with E-state index in [1.807, 2.05) is 58.2 Å². The predicted octanol–water partition coefficient (Wildman–Crippen LogP) is 6.16. The number of methoxy groups -OCH3 is 1. The third-order valence-corrected chi connectivity index (χ3v) is 8.47. The summed E-state index contributed by atoms with van der Waals surface area (Å²) in [6.45, 7) is 8.04. The van der Waals surface area contributed by atoms with E-state index in [9.17, 15) is 14.4 Å². The molecule has 0 aliphatic heterocycles. The molecule has 1 aliphatic rings. The molecule has 0 saturated heterocycles. The van der Waals surface area contributed by atoms with E-state index in [0.29, 0.717) is 18.3 Å². The zero-order valence-corrected chi connectivity index (χ0v) is 26.4. The minimum absolute atomic E-state index is 0.0318. The maximum Gasteiger partial charge on any atom is 0.407 e. The minimum Gasteiger partial charge on any atom is -0.453 e. The lowest BCUT2D eigenvalue weighted by Crippen LogP contribution is -2.51. The van der Waals surface area contributed by atoms with Crippen LogP contribution in [0.1, 0.15) is 58.8 Å². The van der Waals surface area contributed by atoms with Gasteiger partial charge in [0.1, 0.15) is 11.9 Å². The zero-order chi connectivity index (χ0) is 32.1. The number of carbonyl (C=O) groups excluding carboxylic acids is 3. The highest BCUT2D eigenvalue weighted by Gasteiger charge is 2.32. The van der Waals surface area contributed by atoms with Crippen LogP contribution in [0.3, 0.4) is 0 Å². The maximum absolute atomic E-state index is 13.4. The van der Waals surface area contributed by atoms with Crippen molar-refractivity contribution in [2.24, 2.45) is 11.8 Å². The van der Waals surface area contributed by atoms with Crippen molar-refractivity contribution in [1.29, 1.82) is 0 Å². The fourth-order valence-electron chi connectivity index (χ4n) is 5.43. The molecule has 0 bridgehead atoms. The smallest absolute Gasteiger partial charge is 0.407 e. The minimum atomic E-state index is -0.711. The average Bonchev–Trinajstić information content (AvgIpc) is 3.70. The highest BCUT2D eigenvalue weighted by molar-refractivity contribution is 5.91. The van der Waals surface area contributed by atoms with Gasteiger partial charge in [-0.05, 0) is 43.7 Å². The molecule has 0 spiro atoms. The molecule has 2 atom stereocenters. The Hall–Kier alpha value is -4.93. The number of nitrogens with one attached hydrogen (secondary N) is 4. The summed E-state index contributed by atoms with van der Waals surface area (Å²) >= 11 is 0. The first kappa shape index (κ1) is 31.5. The van der Waals surface area contributed by atoms with E-state index < -0.39 is 12.1 Å². The fraction of sp³-hybridized carbons (Fsp3) is 0.382. The molecule has 3 amide bonds. The quantitative estimate of drug-likeness (QED) is 0.160. The van der Waals surface area contributed by atoms with Crippen LogP contribution >= 0.6 is 0 Å². The third-order valence-electron chi connectivity index (χ3n) is 8.47. The van der Waals surface area contributed by atoms with Gasteiger partial charge in [0.25, 0.3) is 0 Å². The highest BCUT2D eigenvalue weighted by Crippen LogP contribution is 2.30. The first-order valence-electron chi connectivity index (χ1n) is 15.5. The molecule has 5 rings (SSSR count). The molecule has 0 radical (unpaired) electrons. The number of H-pyrrole nitrogens is 2. The summed E-state index contributed by atoms with van der Waals surface area (Å²) < 4.78 is 4.72. The predicted molar refractivity (Wildman–Crippen MR) is 173 cm³/mol. The molecular formula is C34H41N7O4. The summed E-state index contributed by atoms with van der Waals surface area (Å²) in [5.74, 6) is 0.956. The second-order valence-corrected chi connectivity index (χ2v) is 11.7. The van der Waals surface area contributed by atoms with Gasteiger partial charge >= 0.3 is 6.09 Å². The largest absolute Gasteiger partial charge is 0.453 e. The Morgan fingerprint density at radius 1 is 0.889 bits per heavy atom. The number of ether oxygens (including phenoxy) is 1. The number of anilines is 1. The summed E-state index contributed by atoms with van der Waals surface area (Å²) in [6, 6.07) is 15.2. The van der Waals surface area contributed by atoms with Gasteiger partial charge in [0.15, 0.2) is 0 Å². The number of likely N-dealkylation sites (N-methyl/N-ethyl adjacent to an activating group) is 1. The van der Waals surface area contributed by atoms with Crippen LogP contribution in [0.25, 0.3) is 33.6 Å². The van der Waals surface area contributed by atoms with E-state index in [-0.39, 0.29) is 29.7 Å². The number of alkyl carbamates (subject to hydrolysis) is 1. The van der Waals surface area contributed by atoms with Crippen molar-refractivity contribution in [3.63, 3.8) is 0 Å². The molecule has 236 valence electrons. The maximum atomic E-state index is 13.4. The number of aromatic nitrogens is 4. The normalized spacial score (nSPS) is 14.4. The van der Waals surface area contributed by atoms with Gasteiger partial charge in [-0.15, -0.1) is 0 Å². The summed E-state index contributed by atoms with van der Waals surface area (Å²) in [7, 11) is 1.28. The van der Waals surface area contributed by atoms with Gasteiger partial charge in [0, 0.05) is 36.0 Å². The van der Waals surface area contributed by atoms with Gasteiger partial charge in [0.2, 0.25) is 17.8 Å². The van der Waals surface area contributed by atoms with Crippen molar-refractivity contribution in [3.05, 3.63) is 66.7 Å². The highest BCUT2D eigenvalue weighted by atomic mass is 16.5. The van der Waals surface area contributed by atoms with Crippen LogP contribution in [0.4, 0.5) is 10.7 Å². The first-order chi connectivity index (χ1) is 21.7. The van der Waals surface area contributed by atoms with Crippen LogP contribution in [0, 0.1) is 11.8 Å². The van der Waals surface area contributed by atoms with E-state index in [0.717, 1.165) is 52.9 Å². The molecule has 1 saturated carbocycles. The van der Waals surface area contributed by atoms with Crippen molar-refractivity contribution in [3.8, 4) is 33.6 Å². The van der Waals surface area contributed by atoms with E-state index in [4.69, 9.17) is 9.72 Å². The van der Waals surface area contributed by atoms with E-state index in [1.165, 1.54) is 7.11 Å². The van der Waals surface area contributed by atoms with Crippen LogP contribution in [0.2, 0.25) is 0 Å². The second-order valence-electron chi connectivity index (χ2n) is 11.7. The number of nitrogens with zero attached hydrogens (tertiary/aromatic N) is 3. The zero-order valence-electron chi connectivity index (χ0n) is 26.4. The molecular weight excluding hydrogens is 570 g/mol. The standard InChI is InChI=1S/C34H41N7O4/c1-6-41(32(43)29(20(2)3)39-34(44)45-5)21(4)30-35-18-27(37-30)24-14-10-22(11-15-24)23-12-16-25(17-13-23)28-19-36-33(38-28)40-31(42)26-8-7-9-26/h10-21,26,29H,6-9H2,1-5H3,(H,35,37)(H,39,44)(H2,36,38,40,42)/t21-,29-/m0/s1. The molecule has 11 heteroatoms. The molecule has 1 fully saturated rings. The molecule has 2 aromatic carbocycles. The van der Waals surface area contributed by atoms with Crippen LogP contribution in [0.5, 0.6) is 0 Å². The molecule has 11 nitrogen and oxygen atoms in total. The number of imidazole rings is 2. The van der Waals surface area contributed by atoms with Crippen molar-refractivity contribution < 1.29 is 19.1 Å². The Labute approximate surface area is 263 Å². The Morgan fingerprint density at radius 2 is 1.44 bits per heavy atom. The Kier molecular flexibility index (Phi) is 9.65. The van der Waals surface area contributed by atoms with Crippen molar-refractivity contribution in [1.82, 2.24) is 30.2 Å². The third kappa shape index (κ3) is 7.08. The van der Waals surface area contributed by atoms with E-state index in [2.05, 4.69) is 49.9 Å². The summed E-state index contributed by atoms with van der Waals surface area (Å²) in [5, 5.41) is 5.54. The van der Waals surface area contributed by atoms with Crippen LogP contribution in [-0.4, -0.2) is 62.4 Å². The molecule has 0 unspecified atom stereocenters. The lowest BCUT2D eigenvalue weighted by atomic mass is 9.85. The van der Waals surface area contributed by atoms with Crippen LogP contribution in [-0.2, 0) is 14.3 Å². The molecule has 45 heavy (non-hydrogen) atoms. The number of benzene rings is 2. The van der Waals surface area contributed by atoms with E-state index >= 15 is 0 Å². The number of rotatable bonds is 11. The van der Waals surface area contributed by atoms with Gasteiger partial charge < -0.3 is 24.9 Å². The van der Waals surface area contributed by atoms with Gasteiger partial charge in [-0.1, -0.05) is 68.8 Å². The van der Waals surface area contributed by atoms with Crippen molar-refractivity contribution in [2.45, 2.75) is 59.0 Å². The molecule has 4 aromatic rings. The number of carbonyl (C=O) groups is 3. The number of amides is 3. The van der Waals surface area contributed by atoms with Crippen LogP contribution < -0.4 is 10.6 Å². The summed E-state index contributed by atoms with van der Waals surface area (Å²) in [4.78, 5) is 54.8. The Bertz CT molecular complexity index is 1620. The van der Waals surface area contributed by atoms with Crippen molar-refractivity contribution in [2.75, 3.05) is 19.0 Å². The van der Waals surface area contributed by atoms with Gasteiger partial charge in [-0.3, -0.25) is 14.9 Å². The van der Waals surface area contributed by atoms with Crippen molar-refractivity contribution >= 4 is 23.9 Å². The van der Waals surface area contributed by atoms with Gasteiger partial charge in [0.05, 0.1) is 24.5 Å². The fourth-order valence-corrected chi connectivity index (χ4v) is 5.43. The second kappa shape index (κ2) is 13.8. The topological polar surface area (TPSA) is 145 Å². The first-order valence-corrected chi connectivity index (χ1v) is 15.5. The number of aromatic amines is 2. The SMILES string of the molecule is CCN(C(=O)[C@@H](NC(=O)OC)C(C)C)[C@@H](C)c1nc(-c2ccc(-c3ccc(-c4c[nH]c(NC(=O)C5CCC5)n4)cc3)cc2)c[nH]1. The van der Waals surface area contributed by atoms with Crippen LogP contribution in [0.15, 0.2) is 60.9 Å². The average molecular weight is 612 g/mol. The lowest BCUT2D eigenvalue weighted by molar-refractivity contribution is -0.136. The Morgan fingerprint density at radius 3 is 1.96 bits per heavy atom. The molecule has 2 aromatic heterocycles. The number of hydrogen-bond donors (Lipinski definition) is 4. The molecule has 1 aliphatic carbocycles. The molecule has 4 N–H and O–H groups in total. The Balaban J connectivity index is 1.23. The van der Waals surface area contributed by atoms with E-state index in [1.54, 1.807) is 11.1 Å². The summed E-state index contributed by atoms with van der Waals surface area (Å²) in [6.07, 6.45) is 6.01. The van der Waals surface area contributed by atoms with Gasteiger partial charge in [-0.25, -0.2) is 14.8 Å². The molecule has 2 heterocycles.